The van der Waals surface area contributed by atoms with E-state index >= 15 is 0 Å². The second-order valence-electron chi connectivity index (χ2n) is 6.54. The summed E-state index contributed by atoms with van der Waals surface area (Å²) in [6.07, 6.45) is 3.80. The summed E-state index contributed by atoms with van der Waals surface area (Å²) >= 11 is 0. The van der Waals surface area contributed by atoms with Crippen LogP contribution in [0.4, 0.5) is 5.82 Å². The lowest BCUT2D eigenvalue weighted by atomic mass is 9.98. The Hall–Kier alpha value is -2.41. The summed E-state index contributed by atoms with van der Waals surface area (Å²) in [6.45, 7) is 4.83. The van der Waals surface area contributed by atoms with Gasteiger partial charge < -0.3 is 10.1 Å². The molecule has 1 amide bonds. The number of aromatic nitrogens is 3. The number of anilines is 1. The predicted molar refractivity (Wildman–Crippen MR) is 95.5 cm³/mol. The van der Waals surface area contributed by atoms with Crippen LogP contribution in [0.1, 0.15) is 18.5 Å². The Balaban J connectivity index is 1.38. The van der Waals surface area contributed by atoms with Gasteiger partial charge in [-0.25, -0.2) is 4.98 Å². The topological polar surface area (TPSA) is 72.3 Å². The van der Waals surface area contributed by atoms with Crippen molar-refractivity contribution in [1.82, 2.24) is 19.7 Å². The molecule has 0 unspecified atom stereocenters. The lowest BCUT2D eigenvalue weighted by molar-refractivity contribution is -0.117. The van der Waals surface area contributed by atoms with Crippen molar-refractivity contribution in [2.75, 3.05) is 31.6 Å². The van der Waals surface area contributed by atoms with Crippen molar-refractivity contribution < 1.29 is 9.53 Å². The minimum Gasteiger partial charge on any atom is -0.477 e. The van der Waals surface area contributed by atoms with E-state index in [9.17, 15) is 4.79 Å². The minimum atomic E-state index is 0.00573. The van der Waals surface area contributed by atoms with Crippen LogP contribution in [0.5, 0.6) is 5.88 Å². The standard InChI is InChI=1S/C18H25N5O2/c1-14-11-16(22(2)21-14)20-17(24)12-23-9-6-15(7-10-23)13-25-18-5-3-4-8-19-18/h3-5,8,11,15H,6-7,9-10,12-13H2,1-2H3,(H,20,24). The number of hydrogen-bond acceptors (Lipinski definition) is 5. The van der Waals surface area contributed by atoms with Crippen molar-refractivity contribution >= 4 is 11.7 Å². The lowest BCUT2D eigenvalue weighted by Crippen LogP contribution is -2.40. The van der Waals surface area contributed by atoms with Crippen LogP contribution >= 0.6 is 0 Å². The molecule has 7 nitrogen and oxygen atoms in total. The van der Waals surface area contributed by atoms with E-state index in [1.165, 1.54) is 0 Å². The molecule has 1 fully saturated rings. The third kappa shape index (κ3) is 5.03. The van der Waals surface area contributed by atoms with Crippen LogP contribution in [0.25, 0.3) is 0 Å². The lowest BCUT2D eigenvalue weighted by Gasteiger charge is -2.31. The van der Waals surface area contributed by atoms with Gasteiger partial charge in [0.05, 0.1) is 18.8 Å². The van der Waals surface area contributed by atoms with Crippen molar-refractivity contribution in [3.8, 4) is 5.88 Å². The first kappa shape index (κ1) is 17.4. The van der Waals surface area contributed by atoms with Gasteiger partial charge in [0.15, 0.2) is 0 Å². The molecule has 7 heteroatoms. The van der Waals surface area contributed by atoms with Crippen molar-refractivity contribution in [2.24, 2.45) is 13.0 Å². The second kappa shape index (κ2) is 8.11. The number of piperidine rings is 1. The second-order valence-corrected chi connectivity index (χ2v) is 6.54. The molecular weight excluding hydrogens is 318 g/mol. The van der Waals surface area contributed by atoms with Gasteiger partial charge in [0.25, 0.3) is 0 Å². The molecular formula is C18H25N5O2. The van der Waals surface area contributed by atoms with Crippen LogP contribution in [0.2, 0.25) is 0 Å². The Kier molecular flexibility index (Phi) is 5.65. The number of nitrogens with zero attached hydrogens (tertiary/aromatic N) is 4. The summed E-state index contributed by atoms with van der Waals surface area (Å²) in [5.74, 6) is 1.93. The van der Waals surface area contributed by atoms with Crippen LogP contribution in [-0.4, -0.2) is 51.8 Å². The van der Waals surface area contributed by atoms with Crippen molar-refractivity contribution in [3.05, 3.63) is 36.2 Å². The molecule has 2 aromatic rings. The molecule has 0 spiro atoms. The van der Waals surface area contributed by atoms with Gasteiger partial charge in [0.2, 0.25) is 11.8 Å². The molecule has 0 atom stereocenters. The third-order valence-corrected chi connectivity index (χ3v) is 4.45. The van der Waals surface area contributed by atoms with E-state index in [1.807, 2.05) is 38.2 Å². The number of hydrogen-bond donors (Lipinski definition) is 1. The first-order valence-corrected chi connectivity index (χ1v) is 8.67. The van der Waals surface area contributed by atoms with Crippen molar-refractivity contribution in [1.29, 1.82) is 0 Å². The molecule has 0 aromatic carbocycles. The number of likely N-dealkylation sites (tertiary alicyclic amines) is 1. The van der Waals surface area contributed by atoms with Crippen LogP contribution in [0, 0.1) is 12.8 Å². The highest BCUT2D eigenvalue weighted by Crippen LogP contribution is 2.18. The van der Waals surface area contributed by atoms with E-state index < -0.39 is 0 Å². The zero-order chi connectivity index (χ0) is 17.6. The average Bonchev–Trinajstić information content (AvgIpc) is 2.92. The fourth-order valence-electron chi connectivity index (χ4n) is 3.06. The predicted octanol–water partition coefficient (Wildman–Crippen LogP) is 1.85. The molecule has 1 N–H and O–H groups in total. The molecule has 2 aromatic heterocycles. The monoisotopic (exact) mass is 343 g/mol. The van der Waals surface area contributed by atoms with Gasteiger partial charge >= 0.3 is 0 Å². The highest BCUT2D eigenvalue weighted by Gasteiger charge is 2.21. The van der Waals surface area contributed by atoms with Crippen LogP contribution in [0.3, 0.4) is 0 Å². The molecule has 0 aliphatic carbocycles. The Bertz CT molecular complexity index is 693. The highest BCUT2D eigenvalue weighted by molar-refractivity contribution is 5.91. The molecule has 1 aliphatic rings. The smallest absolute Gasteiger partial charge is 0.239 e. The van der Waals surface area contributed by atoms with Gasteiger partial charge in [-0.05, 0) is 44.8 Å². The molecule has 0 radical (unpaired) electrons. The summed E-state index contributed by atoms with van der Waals surface area (Å²) in [7, 11) is 1.83. The highest BCUT2D eigenvalue weighted by atomic mass is 16.5. The SMILES string of the molecule is Cc1cc(NC(=O)CN2CCC(COc3ccccn3)CC2)n(C)n1. The fraction of sp³-hybridized carbons (Fsp3) is 0.500. The summed E-state index contributed by atoms with van der Waals surface area (Å²) in [5.41, 5.74) is 0.895. The van der Waals surface area contributed by atoms with Crippen LogP contribution in [0.15, 0.2) is 30.5 Å². The zero-order valence-corrected chi connectivity index (χ0v) is 14.8. The van der Waals surface area contributed by atoms with E-state index in [4.69, 9.17) is 4.74 Å². The average molecular weight is 343 g/mol. The van der Waals surface area contributed by atoms with Crippen molar-refractivity contribution in [2.45, 2.75) is 19.8 Å². The Morgan fingerprint density at radius 1 is 1.36 bits per heavy atom. The molecule has 3 heterocycles. The third-order valence-electron chi connectivity index (χ3n) is 4.45. The molecule has 1 aliphatic heterocycles. The Morgan fingerprint density at radius 3 is 2.80 bits per heavy atom. The fourth-order valence-corrected chi connectivity index (χ4v) is 3.06. The number of nitrogens with one attached hydrogen (secondary N) is 1. The van der Waals surface area contributed by atoms with Gasteiger partial charge in [0.1, 0.15) is 5.82 Å². The number of carbonyl (C=O) groups is 1. The Morgan fingerprint density at radius 2 is 2.16 bits per heavy atom. The quantitative estimate of drug-likeness (QED) is 0.867. The van der Waals surface area contributed by atoms with Crippen LogP contribution in [-0.2, 0) is 11.8 Å². The summed E-state index contributed by atoms with van der Waals surface area (Å²) < 4.78 is 7.43. The van der Waals surface area contributed by atoms with E-state index in [1.54, 1.807) is 10.9 Å². The molecule has 0 bridgehead atoms. The molecule has 3 rings (SSSR count). The normalized spacial score (nSPS) is 15.9. The first-order chi connectivity index (χ1) is 12.1. The summed E-state index contributed by atoms with van der Waals surface area (Å²) in [4.78, 5) is 18.6. The number of amides is 1. The van der Waals surface area contributed by atoms with Crippen LogP contribution < -0.4 is 10.1 Å². The molecule has 25 heavy (non-hydrogen) atoms. The molecule has 1 saturated heterocycles. The summed E-state index contributed by atoms with van der Waals surface area (Å²) in [6, 6.07) is 7.55. The Labute approximate surface area is 148 Å². The maximum absolute atomic E-state index is 12.2. The minimum absolute atomic E-state index is 0.00573. The number of ether oxygens (including phenoxy) is 1. The van der Waals surface area contributed by atoms with E-state index in [0.29, 0.717) is 24.9 Å². The number of carbonyl (C=O) groups excluding carboxylic acids is 1. The number of aryl methyl sites for hydroxylation is 2. The van der Waals surface area contributed by atoms with Crippen molar-refractivity contribution in [3.63, 3.8) is 0 Å². The van der Waals surface area contributed by atoms with E-state index in [2.05, 4.69) is 20.3 Å². The molecule has 0 saturated carbocycles. The zero-order valence-electron chi connectivity index (χ0n) is 14.8. The van der Waals surface area contributed by atoms with E-state index in [0.717, 1.165) is 37.4 Å². The van der Waals surface area contributed by atoms with Gasteiger partial charge in [-0.15, -0.1) is 0 Å². The van der Waals surface area contributed by atoms with Gasteiger partial charge in [0, 0.05) is 25.4 Å². The van der Waals surface area contributed by atoms with Gasteiger partial charge in [-0.1, -0.05) is 6.07 Å². The first-order valence-electron chi connectivity index (χ1n) is 8.67. The van der Waals surface area contributed by atoms with Gasteiger partial charge in [-0.3, -0.25) is 14.4 Å². The number of pyridine rings is 1. The van der Waals surface area contributed by atoms with Gasteiger partial charge in [-0.2, -0.15) is 5.10 Å². The largest absolute Gasteiger partial charge is 0.477 e. The molecule has 134 valence electrons. The maximum Gasteiger partial charge on any atom is 0.239 e. The maximum atomic E-state index is 12.2. The number of rotatable bonds is 6. The van der Waals surface area contributed by atoms with E-state index in [-0.39, 0.29) is 5.91 Å². The summed E-state index contributed by atoms with van der Waals surface area (Å²) in [5, 5.41) is 7.16.